The van der Waals surface area contributed by atoms with E-state index in [2.05, 4.69) is 23.5 Å². The Balaban J connectivity index is 1.72. The molecule has 0 saturated heterocycles. The number of fused-ring (bicyclic) bond motifs is 6. The van der Waals surface area contributed by atoms with Crippen LogP contribution in [0.4, 0.5) is 5.69 Å². The smallest absolute Gasteiger partial charge is 0.202 e. The lowest BCUT2D eigenvalue weighted by molar-refractivity contribution is 0.395. The summed E-state index contributed by atoms with van der Waals surface area (Å²) in [5, 5.41) is 24.5. The van der Waals surface area contributed by atoms with Gasteiger partial charge < -0.3 is 15.5 Å². The normalized spacial score (nSPS) is 24.2. The number of hydrogen-bond donors (Lipinski definition) is 3. The van der Waals surface area contributed by atoms with E-state index in [-0.39, 0.29) is 23.6 Å². The fraction of sp³-hybridized carbons (Fsp3) is 0.294. The summed E-state index contributed by atoms with van der Waals surface area (Å²) in [6.45, 7) is 0.951. The summed E-state index contributed by atoms with van der Waals surface area (Å²) >= 11 is 0. The maximum absolute atomic E-state index is 10.6. The Hall–Kier alpha value is -2.36. The third kappa shape index (κ3) is 1.30. The number of aromatic nitrogens is 1. The summed E-state index contributed by atoms with van der Waals surface area (Å²) < 4.78 is 1.58. The third-order valence-electron chi connectivity index (χ3n) is 5.08. The second-order valence-corrected chi connectivity index (χ2v) is 6.16. The van der Waals surface area contributed by atoms with E-state index in [4.69, 9.17) is 0 Å². The topological polar surface area (TPSA) is 57.4 Å². The number of aromatic hydroxyl groups is 2. The molecule has 4 heteroatoms. The first-order chi connectivity index (χ1) is 10.2. The predicted molar refractivity (Wildman–Crippen MR) is 80.5 cm³/mol. The standard InChI is InChI=1S/C17H16N2O2/c20-16-14-10-1-2-11(7-10)15(14)17(21)19(16)12-4-3-9-5-6-18-13(9)8-12/h1-4,8,10-11,18,20-21H,5-7H2/t10-,11+. The van der Waals surface area contributed by atoms with Gasteiger partial charge in [0.2, 0.25) is 11.8 Å². The maximum Gasteiger partial charge on any atom is 0.202 e. The number of rotatable bonds is 1. The first-order valence-corrected chi connectivity index (χ1v) is 7.46. The highest BCUT2D eigenvalue weighted by Gasteiger charge is 2.41. The van der Waals surface area contributed by atoms with Crippen LogP contribution in [0, 0.1) is 0 Å². The molecule has 106 valence electrons. The molecule has 2 aromatic rings. The highest BCUT2D eigenvalue weighted by Crippen LogP contribution is 2.57. The summed E-state index contributed by atoms with van der Waals surface area (Å²) in [4.78, 5) is 0. The van der Waals surface area contributed by atoms with E-state index >= 15 is 0 Å². The summed E-state index contributed by atoms with van der Waals surface area (Å²) in [6.07, 6.45) is 6.30. The van der Waals surface area contributed by atoms with Gasteiger partial charge in [0.05, 0.1) is 5.69 Å². The largest absolute Gasteiger partial charge is 0.494 e. The van der Waals surface area contributed by atoms with Crippen LogP contribution in [0.25, 0.3) is 5.69 Å². The van der Waals surface area contributed by atoms with Crippen molar-refractivity contribution in [3.8, 4) is 17.4 Å². The molecule has 2 bridgehead atoms. The van der Waals surface area contributed by atoms with Crippen molar-refractivity contribution in [2.24, 2.45) is 0 Å². The average Bonchev–Trinajstić information content (AvgIpc) is 3.22. The van der Waals surface area contributed by atoms with Crippen LogP contribution >= 0.6 is 0 Å². The molecule has 2 aliphatic carbocycles. The monoisotopic (exact) mass is 280 g/mol. The molecule has 0 fully saturated rings. The zero-order valence-electron chi connectivity index (χ0n) is 11.5. The lowest BCUT2D eigenvalue weighted by Crippen LogP contribution is -1.97. The molecule has 2 atom stereocenters. The van der Waals surface area contributed by atoms with Crippen molar-refractivity contribution in [2.45, 2.75) is 24.7 Å². The Kier molecular flexibility index (Phi) is 1.96. The molecule has 4 nitrogen and oxygen atoms in total. The summed E-state index contributed by atoms with van der Waals surface area (Å²) in [7, 11) is 0. The minimum Gasteiger partial charge on any atom is -0.494 e. The molecule has 0 saturated carbocycles. The highest BCUT2D eigenvalue weighted by molar-refractivity contribution is 5.66. The minimum atomic E-state index is 0.192. The predicted octanol–water partition coefficient (Wildman–Crippen LogP) is 3.00. The number of benzene rings is 1. The van der Waals surface area contributed by atoms with Crippen LogP contribution in [0.3, 0.4) is 0 Å². The molecular weight excluding hydrogens is 264 g/mol. The van der Waals surface area contributed by atoms with Gasteiger partial charge in [-0.2, -0.15) is 0 Å². The molecule has 5 rings (SSSR count). The molecule has 0 spiro atoms. The van der Waals surface area contributed by atoms with Crippen LogP contribution in [0.1, 0.15) is 34.9 Å². The van der Waals surface area contributed by atoms with E-state index in [0.29, 0.717) is 0 Å². The van der Waals surface area contributed by atoms with E-state index in [9.17, 15) is 10.2 Å². The van der Waals surface area contributed by atoms with Gasteiger partial charge in [-0.1, -0.05) is 18.2 Å². The Bertz CT molecular complexity index is 768. The van der Waals surface area contributed by atoms with Gasteiger partial charge in [-0.3, -0.25) is 4.57 Å². The summed E-state index contributed by atoms with van der Waals surface area (Å²) in [5.41, 5.74) is 5.02. The second-order valence-electron chi connectivity index (χ2n) is 6.16. The number of anilines is 1. The highest BCUT2D eigenvalue weighted by atomic mass is 16.3. The number of allylic oxidation sites excluding steroid dienone is 2. The van der Waals surface area contributed by atoms with Gasteiger partial charge >= 0.3 is 0 Å². The minimum absolute atomic E-state index is 0.192. The zero-order chi connectivity index (χ0) is 14.1. The van der Waals surface area contributed by atoms with E-state index < -0.39 is 0 Å². The average molecular weight is 280 g/mol. The SMILES string of the molecule is Oc1c2c(c(O)n1-c1ccc3c(c1)NCC3)[C@H]1C=C[C@@H]2C1. The molecule has 3 aliphatic rings. The van der Waals surface area contributed by atoms with Gasteiger partial charge in [0.25, 0.3) is 0 Å². The van der Waals surface area contributed by atoms with Crippen molar-refractivity contribution in [2.75, 3.05) is 11.9 Å². The lowest BCUT2D eigenvalue weighted by atomic mass is 10.0. The van der Waals surface area contributed by atoms with Crippen LogP contribution < -0.4 is 5.32 Å². The third-order valence-corrected chi connectivity index (χ3v) is 5.08. The first-order valence-electron chi connectivity index (χ1n) is 7.46. The van der Waals surface area contributed by atoms with E-state index in [0.717, 1.165) is 41.9 Å². The maximum atomic E-state index is 10.6. The quantitative estimate of drug-likeness (QED) is 0.704. The Labute approximate surface area is 122 Å². The van der Waals surface area contributed by atoms with Crippen molar-refractivity contribution >= 4 is 5.69 Å². The Morgan fingerprint density at radius 1 is 1.05 bits per heavy atom. The van der Waals surface area contributed by atoms with E-state index in [1.807, 2.05) is 12.1 Å². The number of hydrogen-bond acceptors (Lipinski definition) is 3. The summed E-state index contributed by atoms with van der Waals surface area (Å²) in [5.74, 6) is 0.893. The Morgan fingerprint density at radius 3 is 2.48 bits per heavy atom. The van der Waals surface area contributed by atoms with Crippen molar-refractivity contribution in [3.05, 3.63) is 47.0 Å². The molecule has 2 heterocycles. The Morgan fingerprint density at radius 2 is 1.76 bits per heavy atom. The van der Waals surface area contributed by atoms with Crippen molar-refractivity contribution in [1.82, 2.24) is 4.57 Å². The second kappa shape index (κ2) is 3.64. The summed E-state index contributed by atoms with van der Waals surface area (Å²) in [6, 6.07) is 6.05. The van der Waals surface area contributed by atoms with Gasteiger partial charge in [0.1, 0.15) is 0 Å². The zero-order valence-corrected chi connectivity index (χ0v) is 11.5. The van der Waals surface area contributed by atoms with Crippen LogP contribution in [-0.4, -0.2) is 21.3 Å². The van der Waals surface area contributed by atoms with Crippen molar-refractivity contribution in [3.63, 3.8) is 0 Å². The molecule has 0 unspecified atom stereocenters. The van der Waals surface area contributed by atoms with Crippen LogP contribution in [-0.2, 0) is 6.42 Å². The van der Waals surface area contributed by atoms with Crippen LogP contribution in [0.15, 0.2) is 30.4 Å². The van der Waals surface area contributed by atoms with Gasteiger partial charge in [-0.05, 0) is 30.5 Å². The fourth-order valence-electron chi connectivity index (χ4n) is 4.10. The molecule has 3 N–H and O–H groups in total. The van der Waals surface area contributed by atoms with Gasteiger partial charge in [0, 0.05) is 35.2 Å². The molecule has 21 heavy (non-hydrogen) atoms. The van der Waals surface area contributed by atoms with Crippen LogP contribution in [0.5, 0.6) is 11.8 Å². The first kappa shape index (κ1) is 11.3. The molecule has 1 aliphatic heterocycles. The van der Waals surface area contributed by atoms with Gasteiger partial charge in [0.15, 0.2) is 0 Å². The number of nitrogens with one attached hydrogen (secondary N) is 1. The van der Waals surface area contributed by atoms with E-state index in [1.54, 1.807) is 4.57 Å². The molecule has 1 aromatic carbocycles. The fourth-order valence-corrected chi connectivity index (χ4v) is 4.10. The van der Waals surface area contributed by atoms with Crippen LogP contribution in [0.2, 0.25) is 0 Å². The van der Waals surface area contributed by atoms with Gasteiger partial charge in [-0.15, -0.1) is 0 Å². The molecular formula is C17H16N2O2. The van der Waals surface area contributed by atoms with Gasteiger partial charge in [-0.25, -0.2) is 0 Å². The molecule has 1 aromatic heterocycles. The lowest BCUT2D eigenvalue weighted by Gasteiger charge is -2.11. The van der Waals surface area contributed by atoms with E-state index in [1.165, 1.54) is 5.56 Å². The number of nitrogens with zero attached hydrogens (tertiary/aromatic N) is 1. The molecule has 0 radical (unpaired) electrons. The van der Waals surface area contributed by atoms with Crippen molar-refractivity contribution in [1.29, 1.82) is 0 Å². The molecule has 0 amide bonds. The van der Waals surface area contributed by atoms with Crippen molar-refractivity contribution < 1.29 is 10.2 Å².